The second-order valence-electron chi connectivity index (χ2n) is 10.9. The molecule has 1 N–H and O–H groups in total. The Hall–Kier alpha value is -4.54. The van der Waals surface area contributed by atoms with Crippen molar-refractivity contribution in [3.63, 3.8) is 0 Å². The number of carbonyl (C=O) groups is 1. The van der Waals surface area contributed by atoms with Gasteiger partial charge in [-0.25, -0.2) is 9.55 Å². The quantitative estimate of drug-likeness (QED) is 0.236. The van der Waals surface area contributed by atoms with E-state index in [2.05, 4.69) is 10.3 Å². The predicted octanol–water partition coefficient (Wildman–Crippen LogP) is 4.81. The average Bonchev–Trinajstić information content (AvgIpc) is 3.05. The molecule has 0 saturated carbocycles. The minimum Gasteiger partial charge on any atom is -0.859 e. The lowest BCUT2D eigenvalue weighted by molar-refractivity contribution is -0.213. The number of halogens is 2. The Morgan fingerprint density at radius 1 is 1.09 bits per heavy atom. The molecule has 10 nitrogen and oxygen atoms in total. The molecule has 3 aromatic carbocycles. The van der Waals surface area contributed by atoms with Crippen LogP contribution in [0.5, 0.6) is 11.5 Å². The van der Waals surface area contributed by atoms with Gasteiger partial charge in [0.1, 0.15) is 11.5 Å². The van der Waals surface area contributed by atoms with E-state index in [0.717, 1.165) is 5.56 Å². The van der Waals surface area contributed by atoms with Gasteiger partial charge < -0.3 is 29.8 Å². The van der Waals surface area contributed by atoms with Gasteiger partial charge >= 0.3 is 0 Å². The van der Waals surface area contributed by atoms with E-state index >= 15 is 0 Å². The summed E-state index contributed by atoms with van der Waals surface area (Å²) in [5.74, 6) is 1.07. The predicted molar refractivity (Wildman–Crippen MR) is 171 cm³/mol. The molecule has 3 heterocycles. The highest BCUT2D eigenvalue weighted by Gasteiger charge is 2.33. The summed E-state index contributed by atoms with van der Waals surface area (Å²) in [6.07, 6.45) is 0.927. The first-order valence-electron chi connectivity index (χ1n) is 14.4. The summed E-state index contributed by atoms with van der Waals surface area (Å²) in [5, 5.41) is 16.3. The summed E-state index contributed by atoms with van der Waals surface area (Å²) in [4.78, 5) is 38.3. The monoisotopic (exact) mass is 646 g/mol. The largest absolute Gasteiger partial charge is 0.859 e. The fourth-order valence-corrected chi connectivity index (χ4v) is 6.04. The van der Waals surface area contributed by atoms with Crippen molar-refractivity contribution in [3.8, 4) is 17.2 Å². The maximum atomic E-state index is 14.3. The van der Waals surface area contributed by atoms with Gasteiger partial charge in [0.2, 0.25) is 5.95 Å². The highest BCUT2D eigenvalue weighted by Crippen LogP contribution is 2.37. The molecule has 0 bridgehead atoms. The number of hydrogen-bond acceptors (Lipinski definition) is 8. The number of amides is 1. The Morgan fingerprint density at radius 2 is 1.84 bits per heavy atom. The van der Waals surface area contributed by atoms with Crippen LogP contribution in [0.25, 0.3) is 5.69 Å². The molecular formula is C33H30Cl2N5O5-. The lowest BCUT2D eigenvalue weighted by Crippen LogP contribution is -2.46. The Labute approximate surface area is 269 Å². The van der Waals surface area contributed by atoms with Gasteiger partial charge in [-0.1, -0.05) is 35.3 Å². The van der Waals surface area contributed by atoms with Crippen LogP contribution >= 0.6 is 23.2 Å². The maximum absolute atomic E-state index is 14.3. The summed E-state index contributed by atoms with van der Waals surface area (Å²) >= 11 is 12.3. The van der Waals surface area contributed by atoms with Crippen LogP contribution in [0.4, 0.5) is 5.95 Å². The molecule has 0 spiro atoms. The fraction of sp³-hybridized carbons (Fsp3) is 0.273. The molecule has 1 unspecified atom stereocenters. The number of benzene rings is 3. The molecular weight excluding hydrogens is 617 g/mol. The number of fused-ring (bicyclic) bond motifs is 2. The van der Waals surface area contributed by atoms with Crippen LogP contribution in [0.2, 0.25) is 10.0 Å². The minimum atomic E-state index is -0.356. The number of nitrogens with one attached hydrogen (secondary N) is 1. The van der Waals surface area contributed by atoms with Crippen molar-refractivity contribution in [2.75, 3.05) is 26.1 Å². The van der Waals surface area contributed by atoms with E-state index in [1.165, 1.54) is 11.6 Å². The van der Waals surface area contributed by atoms with Crippen LogP contribution < -0.4 is 25.5 Å². The molecule has 2 aliphatic rings. The third-order valence-corrected chi connectivity index (χ3v) is 8.92. The number of rotatable bonds is 6. The second kappa shape index (κ2) is 12.5. The van der Waals surface area contributed by atoms with Crippen LogP contribution in [0.3, 0.4) is 0 Å². The first-order valence-corrected chi connectivity index (χ1v) is 15.2. The van der Waals surface area contributed by atoms with E-state index in [1.54, 1.807) is 54.5 Å². The van der Waals surface area contributed by atoms with E-state index in [4.69, 9.17) is 37.7 Å². The zero-order valence-electron chi connectivity index (χ0n) is 24.8. The zero-order valence-corrected chi connectivity index (χ0v) is 26.4. The lowest BCUT2D eigenvalue weighted by Gasteiger charge is -2.35. The smallest absolute Gasteiger partial charge is 0.263 e. The third kappa shape index (κ3) is 5.83. The average molecular weight is 648 g/mol. The summed E-state index contributed by atoms with van der Waals surface area (Å²) in [6, 6.07) is 16.6. The molecule has 1 amide bonds. The molecule has 0 radical (unpaired) electrons. The standard InChI is InChI=1S/C33H31Cl2N5O5/c1-18-14-24-28(17-39(18)31(42)20-6-11-25(34)26(35)15-20)38-33(37-27-12-13-45-29-16-22(44-3)9-10-23(27)29)40(32(24)43)21-7-4-19(5-8-21)30(41)36-2/h4-11,15-16,18,27H,12-14,17H2,1-3H3,(H,36,41)(H,37,38)/p-1/t18-,27?/m1/s1. The SMILES string of the molecule is CN=C([O-])c1ccc(-n2c(NC3CCOc4cc(OC)ccc43)nc3c(c2=O)C[C@@H](C)N(C(=O)c2ccc(Cl)c(Cl)c2)C3)cc1. The summed E-state index contributed by atoms with van der Waals surface area (Å²) in [7, 11) is 3.04. The normalized spacial score (nSPS) is 17.6. The van der Waals surface area contributed by atoms with Crippen molar-refractivity contribution in [2.45, 2.75) is 38.4 Å². The number of nitrogens with zero attached hydrogens (tertiary/aromatic N) is 4. The Balaban J connectivity index is 1.43. The van der Waals surface area contributed by atoms with Gasteiger partial charge in [-0.2, -0.15) is 0 Å². The van der Waals surface area contributed by atoms with E-state index in [0.29, 0.717) is 70.0 Å². The first-order chi connectivity index (χ1) is 21.7. The van der Waals surface area contributed by atoms with Gasteiger partial charge in [0.15, 0.2) is 0 Å². The van der Waals surface area contributed by atoms with Crippen LogP contribution in [-0.2, 0) is 13.0 Å². The van der Waals surface area contributed by atoms with Crippen molar-refractivity contribution >= 4 is 41.0 Å². The molecule has 12 heteroatoms. The fourth-order valence-electron chi connectivity index (χ4n) is 5.75. The van der Waals surface area contributed by atoms with Gasteiger partial charge in [0, 0.05) is 42.3 Å². The minimum absolute atomic E-state index is 0.132. The zero-order chi connectivity index (χ0) is 31.8. The van der Waals surface area contributed by atoms with Crippen LogP contribution in [-0.4, -0.2) is 53.1 Å². The molecule has 1 aromatic heterocycles. The number of ether oxygens (including phenoxy) is 2. The Kier molecular flexibility index (Phi) is 8.44. The molecule has 2 aliphatic heterocycles. The van der Waals surface area contributed by atoms with Gasteiger partial charge in [-0.05, 0) is 67.3 Å². The third-order valence-electron chi connectivity index (χ3n) is 8.18. The second-order valence-corrected chi connectivity index (χ2v) is 11.7. The lowest BCUT2D eigenvalue weighted by atomic mass is 9.98. The highest BCUT2D eigenvalue weighted by atomic mass is 35.5. The van der Waals surface area contributed by atoms with Crippen molar-refractivity contribution in [3.05, 3.63) is 109 Å². The van der Waals surface area contributed by atoms with Crippen LogP contribution in [0, 0.1) is 0 Å². The number of methoxy groups -OCH3 is 1. The molecule has 45 heavy (non-hydrogen) atoms. The highest BCUT2D eigenvalue weighted by molar-refractivity contribution is 6.42. The molecule has 0 aliphatic carbocycles. The van der Waals surface area contributed by atoms with Gasteiger partial charge in [-0.15, -0.1) is 0 Å². The first kappa shape index (κ1) is 30.5. The number of hydrogen-bond donors (Lipinski definition) is 1. The number of carbonyl (C=O) groups excluding carboxylic acids is 1. The van der Waals surface area contributed by atoms with E-state index < -0.39 is 0 Å². The summed E-state index contributed by atoms with van der Waals surface area (Å²) < 4.78 is 12.8. The van der Waals surface area contributed by atoms with Crippen LogP contribution in [0.15, 0.2) is 70.5 Å². The molecule has 232 valence electrons. The topological polar surface area (TPSA) is 121 Å². The molecule has 0 saturated heterocycles. The molecule has 6 rings (SSSR count). The summed E-state index contributed by atoms with van der Waals surface area (Å²) in [6.45, 7) is 2.48. The van der Waals surface area contributed by atoms with Gasteiger partial charge in [0.05, 0.1) is 47.7 Å². The van der Waals surface area contributed by atoms with Crippen molar-refractivity contribution in [1.82, 2.24) is 14.5 Å². The van der Waals surface area contributed by atoms with E-state index in [1.807, 2.05) is 25.1 Å². The van der Waals surface area contributed by atoms with E-state index in [9.17, 15) is 14.7 Å². The van der Waals surface area contributed by atoms with Crippen LogP contribution in [0.1, 0.15) is 52.1 Å². The number of anilines is 1. The molecule has 2 atom stereocenters. The molecule has 4 aromatic rings. The van der Waals surface area contributed by atoms with E-state index in [-0.39, 0.29) is 41.0 Å². The Bertz CT molecular complexity index is 1870. The summed E-state index contributed by atoms with van der Waals surface area (Å²) in [5.41, 5.74) is 3.01. The molecule has 0 fully saturated rings. The van der Waals surface area contributed by atoms with Gasteiger partial charge in [-0.3, -0.25) is 9.59 Å². The van der Waals surface area contributed by atoms with Crippen molar-refractivity contribution in [1.29, 1.82) is 0 Å². The van der Waals surface area contributed by atoms with Crippen molar-refractivity contribution in [2.24, 2.45) is 4.99 Å². The van der Waals surface area contributed by atoms with Crippen molar-refractivity contribution < 1.29 is 19.4 Å². The number of aromatic nitrogens is 2. The Morgan fingerprint density at radius 3 is 2.56 bits per heavy atom. The number of aliphatic imine (C=N–C) groups is 1. The maximum Gasteiger partial charge on any atom is 0.263 e. The van der Waals surface area contributed by atoms with Gasteiger partial charge in [0.25, 0.3) is 11.5 Å².